The van der Waals surface area contributed by atoms with Gasteiger partial charge in [0.05, 0.1) is 35.2 Å². The fraction of sp³-hybridized carbons (Fsp3) is 0.556. The Labute approximate surface area is 834 Å². The molecule has 0 aliphatic heterocycles. The van der Waals surface area contributed by atoms with Crippen molar-refractivity contribution < 1.29 is 9.47 Å². The lowest BCUT2D eigenvalue weighted by atomic mass is 9.60. The van der Waals surface area contributed by atoms with E-state index in [4.69, 9.17) is 9.47 Å². The summed E-state index contributed by atoms with van der Waals surface area (Å²) in [7, 11) is 0. The summed E-state index contributed by atoms with van der Waals surface area (Å²) in [5, 5.41) is 0. The quantitative estimate of drug-likeness (QED) is 0.0846. The summed E-state index contributed by atoms with van der Waals surface area (Å²) in [4.78, 5) is 0. The predicted octanol–water partition coefficient (Wildman–Crippen LogP) is 37.6. The topological polar surface area (TPSA) is 18.5 Å². The lowest BCUT2D eigenvalue weighted by Gasteiger charge is -2.47. The summed E-state index contributed by atoms with van der Waals surface area (Å²) in [6, 6.07) is 79.1. The highest BCUT2D eigenvalue weighted by Crippen LogP contribution is 2.65. The van der Waals surface area contributed by atoms with Gasteiger partial charge in [-0.05, 0) is 401 Å². The van der Waals surface area contributed by atoms with Crippen molar-refractivity contribution in [3.63, 3.8) is 0 Å². The second-order valence-electron chi connectivity index (χ2n) is 48.8. The normalized spacial score (nSPS) is 27.1. The molecule has 2 heteroatoms. The van der Waals surface area contributed by atoms with Crippen LogP contribution in [0.15, 0.2) is 206 Å². The molecule has 0 saturated heterocycles. The minimum atomic E-state index is -0.288. The molecular weight excluding hydrogens is 1650 g/mol. The zero-order chi connectivity index (χ0) is 96.0. The highest BCUT2D eigenvalue weighted by atomic mass is 16.5. The van der Waals surface area contributed by atoms with Crippen molar-refractivity contribution in [1.29, 1.82) is 0 Å². The van der Waals surface area contributed by atoms with Crippen LogP contribution in [0.3, 0.4) is 0 Å². The molecule has 0 radical (unpaired) electrons. The number of benzene rings is 10. The molecule has 2 nitrogen and oxygen atoms in total. The van der Waals surface area contributed by atoms with E-state index in [-0.39, 0.29) is 16.2 Å². The first kappa shape index (κ1) is 101. The van der Waals surface area contributed by atoms with Gasteiger partial charge in [0.25, 0.3) is 0 Å². The molecule has 21 rings (SSSR count). The van der Waals surface area contributed by atoms with Crippen LogP contribution in [0.5, 0.6) is 0 Å². The molecule has 0 aromatic heterocycles. The maximum absolute atomic E-state index is 6.56. The number of hydrogen-bond donors (Lipinski definition) is 0. The molecule has 730 valence electrons. The predicted molar refractivity (Wildman–Crippen MR) is 585 cm³/mol. The van der Waals surface area contributed by atoms with Gasteiger partial charge in [-0.15, -0.1) is 0 Å². The molecule has 11 aliphatic carbocycles. The largest absolute Gasteiger partial charge is 0.375 e. The Morgan fingerprint density at radius 3 is 0.905 bits per heavy atom. The lowest BCUT2D eigenvalue weighted by Crippen LogP contribution is -2.40. The molecule has 10 aromatic rings. The first-order valence-corrected chi connectivity index (χ1v) is 56.3. The van der Waals surface area contributed by atoms with Gasteiger partial charge in [-0.1, -0.05) is 388 Å². The van der Waals surface area contributed by atoms with Crippen molar-refractivity contribution in [1.82, 2.24) is 0 Å². The van der Waals surface area contributed by atoms with E-state index >= 15 is 0 Å². The summed E-state index contributed by atoms with van der Waals surface area (Å²) >= 11 is 0. The number of unbranched alkanes of at least 4 members (excludes halogenated alkanes) is 2. The zero-order valence-electron chi connectivity index (χ0n) is 89.0. The SMILES string of the molecule is CC1CCC(CC2CCC(C)C(C)C2)CC1C.CC1CCC(OC2CCC(C(C)(C)C3CCC(OC4CCC(C)CC4)CC3)CC2)CC1.CCCCCC1CCC(C2CCC(c3ccc(C)cc3)(c3ccc(C)cc3)CC2)CC1.Cc1ccc(C2(c3ccc(C)cc3)c3cc(C)ccc3-c3ccc(C)cc32)cc1.Cc1ccc2c(c1)-c1cc(C)ccc1C21c2cc(C)ccc2-c2ccc(C)cc21. The Balaban J connectivity index is 0.000000120. The van der Waals surface area contributed by atoms with Crippen molar-refractivity contribution in [2.24, 2.45) is 82.3 Å². The Hall–Kier alpha value is -7.88. The highest BCUT2D eigenvalue weighted by molar-refractivity contribution is 5.96. The third-order valence-electron chi connectivity index (χ3n) is 38.4. The molecule has 0 heterocycles. The van der Waals surface area contributed by atoms with Crippen molar-refractivity contribution in [2.75, 3.05) is 0 Å². The van der Waals surface area contributed by atoms with Crippen LogP contribution >= 0.6 is 0 Å². The lowest BCUT2D eigenvalue weighted by molar-refractivity contribution is -0.0809. The van der Waals surface area contributed by atoms with E-state index in [1.807, 2.05) is 0 Å². The van der Waals surface area contributed by atoms with E-state index in [2.05, 4.69) is 338 Å². The first-order valence-electron chi connectivity index (χ1n) is 56.3. The summed E-state index contributed by atoms with van der Waals surface area (Å²) in [5.74, 6) is 12.7. The van der Waals surface area contributed by atoms with Gasteiger partial charge in [0, 0.05) is 5.41 Å². The van der Waals surface area contributed by atoms with Crippen molar-refractivity contribution in [2.45, 2.75) is 397 Å². The smallest absolute Gasteiger partial charge is 0.0725 e. The molecule has 0 amide bonds. The van der Waals surface area contributed by atoms with E-state index < -0.39 is 0 Å². The molecule has 1 spiro atoms. The molecule has 8 fully saturated rings. The summed E-state index contributed by atoms with van der Waals surface area (Å²) in [6.07, 6.45) is 51.5. The van der Waals surface area contributed by atoms with Gasteiger partial charge in [-0.2, -0.15) is 0 Å². The number of aryl methyl sites for hydroxylation is 10. The van der Waals surface area contributed by atoms with Gasteiger partial charge in [-0.25, -0.2) is 0 Å². The van der Waals surface area contributed by atoms with Crippen LogP contribution in [0.25, 0.3) is 33.4 Å². The Morgan fingerprint density at radius 2 is 0.562 bits per heavy atom. The third-order valence-corrected chi connectivity index (χ3v) is 38.4. The Kier molecular flexibility index (Phi) is 32.6. The Bertz CT molecular complexity index is 5160. The number of ether oxygens (including phenoxy) is 2. The van der Waals surface area contributed by atoms with E-state index in [9.17, 15) is 0 Å². The van der Waals surface area contributed by atoms with E-state index in [0.717, 1.165) is 76.9 Å². The highest BCUT2D eigenvalue weighted by Gasteiger charge is 2.53. The van der Waals surface area contributed by atoms with Crippen molar-refractivity contribution in [3.05, 3.63) is 318 Å². The second kappa shape index (κ2) is 44.3. The van der Waals surface area contributed by atoms with Gasteiger partial charge >= 0.3 is 0 Å². The minimum Gasteiger partial charge on any atom is -0.375 e. The monoisotopic (exact) mass is 1830 g/mol. The molecular formula is C135H178O2. The minimum absolute atomic E-state index is 0.214. The van der Waals surface area contributed by atoms with Gasteiger partial charge in [0.1, 0.15) is 0 Å². The van der Waals surface area contributed by atoms with Gasteiger partial charge in [0.15, 0.2) is 0 Å². The standard InChI is InChI=1S/C31H44.C29H52O2.C29H24.C29H26.C17H32/c1-4-5-6-7-26-12-14-27(15-13-26)28-20-22-31(23-21-28,29-16-8-24(2)9-17-29)30-18-10-25(3)11-19-30;1-21-5-13-25(14-6-21)30-27-17-9-23(10-18-27)29(3,4)24-11-19-28(20-12-24)31-26-15-7-22(2)8-16-26;1-17-7-11-25-23(13-17)24-14-18(2)8-12-26(24)29(25)27-15-19(3)5-9-21(27)22-10-6-20(4)16-28(22)29;1-19-5-11-23(12-6-19)29(24-13-7-20(2)8-14-24)27-17-21(3)9-15-25(27)26-16-10-22(4)18-28(26)29;1-12-5-7-16(9-14(12)3)11-17-8-6-13(2)15(4)10-17/h8-11,16-19,26-28H,4-7,12-15,20-23H2,1-3H3;21-28H,5-20H2,1-4H3;5-16H,1-4H3;5-18H,1-4H3;12-17H,5-11H2,1-4H3. The van der Waals surface area contributed by atoms with Crippen LogP contribution in [0, 0.1) is 152 Å². The summed E-state index contributed by atoms with van der Waals surface area (Å²) < 4.78 is 13.1. The number of hydrogen-bond acceptors (Lipinski definition) is 2. The van der Waals surface area contributed by atoms with Crippen LogP contribution in [0.1, 0.15) is 398 Å². The second-order valence-corrected chi connectivity index (χ2v) is 48.8. The molecule has 8 saturated carbocycles. The Morgan fingerprint density at radius 1 is 0.263 bits per heavy atom. The molecule has 0 N–H and O–H groups in total. The summed E-state index contributed by atoms with van der Waals surface area (Å²) in [6.45, 7) is 44.1. The molecule has 0 bridgehead atoms. The zero-order valence-corrected chi connectivity index (χ0v) is 89.0. The maximum Gasteiger partial charge on any atom is 0.0725 e. The van der Waals surface area contributed by atoms with Crippen molar-refractivity contribution >= 4 is 0 Å². The number of fused-ring (bicyclic) bond motifs is 13. The molecule has 10 aromatic carbocycles. The van der Waals surface area contributed by atoms with Crippen molar-refractivity contribution in [3.8, 4) is 33.4 Å². The van der Waals surface area contributed by atoms with Crippen LogP contribution in [-0.4, -0.2) is 24.4 Å². The van der Waals surface area contributed by atoms with Crippen LogP contribution in [0.2, 0.25) is 0 Å². The molecule has 6 atom stereocenters. The van der Waals surface area contributed by atoms with Gasteiger partial charge in [-0.3, -0.25) is 0 Å². The summed E-state index contributed by atoms with van der Waals surface area (Å²) in [5.41, 5.74) is 35.9. The van der Waals surface area contributed by atoms with Crippen LogP contribution < -0.4 is 0 Å². The third kappa shape index (κ3) is 22.2. The van der Waals surface area contributed by atoms with Crippen LogP contribution in [-0.2, 0) is 25.7 Å². The fourth-order valence-corrected chi connectivity index (χ4v) is 29.1. The maximum atomic E-state index is 6.56. The molecule has 11 aliphatic rings. The van der Waals surface area contributed by atoms with Gasteiger partial charge < -0.3 is 9.47 Å². The first-order chi connectivity index (χ1) is 66.1. The molecule has 6 unspecified atom stereocenters. The van der Waals surface area contributed by atoms with E-state index in [1.54, 1.807) is 17.5 Å². The number of rotatable bonds is 17. The van der Waals surface area contributed by atoms with E-state index in [1.165, 1.54) is 352 Å². The van der Waals surface area contributed by atoms with E-state index in [0.29, 0.717) is 29.8 Å². The average molecular weight is 1830 g/mol. The average Bonchev–Trinajstić information content (AvgIpc) is 1.50. The van der Waals surface area contributed by atoms with Crippen LogP contribution in [0.4, 0.5) is 0 Å². The van der Waals surface area contributed by atoms with Gasteiger partial charge in [0.2, 0.25) is 0 Å². The molecule has 137 heavy (non-hydrogen) atoms. The fourth-order valence-electron chi connectivity index (χ4n) is 29.1.